The first-order valence-corrected chi connectivity index (χ1v) is 7.90. The lowest BCUT2D eigenvalue weighted by Crippen LogP contribution is -2.38. The van der Waals surface area contributed by atoms with Gasteiger partial charge in [0.25, 0.3) is 0 Å². The van der Waals surface area contributed by atoms with Crippen LogP contribution in [0.1, 0.15) is 44.9 Å². The second-order valence-corrected chi connectivity index (χ2v) is 5.64. The summed E-state index contributed by atoms with van der Waals surface area (Å²) in [5.41, 5.74) is 0. The summed E-state index contributed by atoms with van der Waals surface area (Å²) in [4.78, 5) is 27.0. The van der Waals surface area contributed by atoms with Crippen molar-refractivity contribution in [2.75, 3.05) is 39.4 Å². The minimum atomic E-state index is 0.263. The first-order valence-electron chi connectivity index (χ1n) is 7.90. The predicted octanol–water partition coefficient (Wildman–Crippen LogP) is 1.42. The third-order valence-electron chi connectivity index (χ3n) is 4.07. The number of ether oxygens (including phenoxy) is 1. The molecule has 0 radical (unpaired) electrons. The molecule has 0 aromatic rings. The van der Waals surface area contributed by atoms with Crippen molar-refractivity contribution in [1.82, 2.24) is 9.80 Å². The summed E-state index contributed by atoms with van der Waals surface area (Å²) in [6.45, 7) is 4.58. The first-order chi connectivity index (χ1) is 9.77. The SMILES string of the molecule is O=C1CCCCN1CCCOCCN1CCCCC1=O. The Kier molecular flexibility index (Phi) is 6.30. The van der Waals surface area contributed by atoms with Gasteiger partial charge in [0, 0.05) is 45.6 Å². The lowest BCUT2D eigenvalue weighted by molar-refractivity contribution is -0.135. The van der Waals surface area contributed by atoms with E-state index in [1.165, 1.54) is 0 Å². The zero-order valence-electron chi connectivity index (χ0n) is 12.3. The Bertz CT molecular complexity index is 301. The van der Waals surface area contributed by atoms with Crippen molar-refractivity contribution < 1.29 is 14.3 Å². The van der Waals surface area contributed by atoms with Gasteiger partial charge in [-0.05, 0) is 32.1 Å². The van der Waals surface area contributed by atoms with Crippen LogP contribution in [0.15, 0.2) is 0 Å². The van der Waals surface area contributed by atoms with Crippen molar-refractivity contribution in [2.24, 2.45) is 0 Å². The lowest BCUT2D eigenvalue weighted by Gasteiger charge is -2.27. The molecule has 0 saturated carbocycles. The fourth-order valence-corrected chi connectivity index (χ4v) is 2.83. The summed E-state index contributed by atoms with van der Waals surface area (Å²) >= 11 is 0. The van der Waals surface area contributed by atoms with Gasteiger partial charge in [-0.25, -0.2) is 0 Å². The van der Waals surface area contributed by atoms with Crippen LogP contribution in [0.25, 0.3) is 0 Å². The van der Waals surface area contributed by atoms with Gasteiger partial charge in [0.15, 0.2) is 0 Å². The molecule has 2 rings (SSSR count). The van der Waals surface area contributed by atoms with E-state index in [2.05, 4.69) is 0 Å². The normalized spacial score (nSPS) is 20.6. The van der Waals surface area contributed by atoms with Gasteiger partial charge in [-0.3, -0.25) is 9.59 Å². The van der Waals surface area contributed by atoms with Crippen molar-refractivity contribution in [3.63, 3.8) is 0 Å². The molecule has 2 aliphatic heterocycles. The molecule has 0 aromatic carbocycles. The average Bonchev–Trinajstić information content (AvgIpc) is 2.46. The van der Waals surface area contributed by atoms with Crippen LogP contribution in [0.5, 0.6) is 0 Å². The zero-order valence-corrected chi connectivity index (χ0v) is 12.3. The highest BCUT2D eigenvalue weighted by Crippen LogP contribution is 2.11. The molecule has 0 N–H and O–H groups in total. The van der Waals surface area contributed by atoms with Gasteiger partial charge in [-0.2, -0.15) is 0 Å². The number of piperidine rings is 2. The maximum absolute atomic E-state index is 11.6. The van der Waals surface area contributed by atoms with Gasteiger partial charge in [-0.1, -0.05) is 0 Å². The summed E-state index contributed by atoms with van der Waals surface area (Å²) < 4.78 is 5.58. The topological polar surface area (TPSA) is 49.9 Å². The Morgan fingerprint density at radius 2 is 1.40 bits per heavy atom. The molecule has 0 atom stereocenters. The molecule has 2 fully saturated rings. The van der Waals surface area contributed by atoms with E-state index in [1.807, 2.05) is 9.80 Å². The molecule has 0 aliphatic carbocycles. The highest BCUT2D eigenvalue weighted by molar-refractivity contribution is 5.77. The smallest absolute Gasteiger partial charge is 0.222 e. The predicted molar refractivity (Wildman–Crippen MR) is 76.3 cm³/mol. The third kappa shape index (κ3) is 4.78. The van der Waals surface area contributed by atoms with Crippen LogP contribution in [0.2, 0.25) is 0 Å². The molecule has 2 amide bonds. The third-order valence-corrected chi connectivity index (χ3v) is 4.07. The quantitative estimate of drug-likeness (QED) is 0.664. The number of likely N-dealkylation sites (tertiary alicyclic amines) is 2. The van der Waals surface area contributed by atoms with Crippen molar-refractivity contribution >= 4 is 11.8 Å². The summed E-state index contributed by atoms with van der Waals surface area (Å²) in [6, 6.07) is 0. The van der Waals surface area contributed by atoms with Crippen LogP contribution in [0.4, 0.5) is 0 Å². The van der Waals surface area contributed by atoms with Gasteiger partial charge < -0.3 is 14.5 Å². The Balaban J connectivity index is 1.49. The fraction of sp³-hybridized carbons (Fsp3) is 0.867. The second kappa shape index (κ2) is 8.25. The van der Waals surface area contributed by atoms with E-state index in [0.29, 0.717) is 32.6 Å². The number of hydrogen-bond acceptors (Lipinski definition) is 3. The van der Waals surface area contributed by atoms with Gasteiger partial charge in [0.05, 0.1) is 6.61 Å². The molecular formula is C15H26N2O3. The zero-order chi connectivity index (χ0) is 14.2. The summed E-state index contributed by atoms with van der Waals surface area (Å²) in [5.74, 6) is 0.550. The standard InChI is InChI=1S/C15H26N2O3/c18-14-6-1-3-8-16(14)10-5-12-20-13-11-17-9-4-2-7-15(17)19/h1-13H2. The first kappa shape index (κ1) is 15.3. The molecular weight excluding hydrogens is 256 g/mol. The highest BCUT2D eigenvalue weighted by atomic mass is 16.5. The maximum Gasteiger partial charge on any atom is 0.222 e. The van der Waals surface area contributed by atoms with Crippen LogP contribution in [0.3, 0.4) is 0 Å². The van der Waals surface area contributed by atoms with Crippen LogP contribution in [-0.4, -0.2) is 61.0 Å². The van der Waals surface area contributed by atoms with Gasteiger partial charge in [0.2, 0.25) is 11.8 Å². The molecule has 5 heteroatoms. The number of rotatable bonds is 7. The van der Waals surface area contributed by atoms with Crippen molar-refractivity contribution in [3.8, 4) is 0 Å². The van der Waals surface area contributed by atoms with Crippen molar-refractivity contribution in [2.45, 2.75) is 44.9 Å². The van der Waals surface area contributed by atoms with Crippen LogP contribution >= 0.6 is 0 Å². The fourth-order valence-electron chi connectivity index (χ4n) is 2.83. The molecule has 2 heterocycles. The van der Waals surface area contributed by atoms with Crippen LogP contribution in [-0.2, 0) is 14.3 Å². The van der Waals surface area contributed by atoms with E-state index in [1.54, 1.807) is 0 Å². The maximum atomic E-state index is 11.6. The minimum Gasteiger partial charge on any atom is -0.380 e. The summed E-state index contributed by atoms with van der Waals surface area (Å²) in [5, 5.41) is 0. The number of amides is 2. The van der Waals surface area contributed by atoms with E-state index in [0.717, 1.165) is 51.7 Å². The van der Waals surface area contributed by atoms with Crippen LogP contribution in [0, 0.1) is 0 Å². The van der Waals surface area contributed by atoms with Gasteiger partial charge in [-0.15, -0.1) is 0 Å². The number of carbonyl (C=O) groups is 2. The second-order valence-electron chi connectivity index (χ2n) is 5.64. The van der Waals surface area contributed by atoms with Crippen molar-refractivity contribution in [1.29, 1.82) is 0 Å². The summed E-state index contributed by atoms with van der Waals surface area (Å²) in [6.07, 6.45) is 6.59. The molecule has 0 aromatic heterocycles. The lowest BCUT2D eigenvalue weighted by atomic mass is 10.1. The van der Waals surface area contributed by atoms with E-state index >= 15 is 0 Å². The molecule has 2 saturated heterocycles. The van der Waals surface area contributed by atoms with E-state index < -0.39 is 0 Å². The van der Waals surface area contributed by atoms with E-state index in [9.17, 15) is 9.59 Å². The molecule has 0 bridgehead atoms. The van der Waals surface area contributed by atoms with E-state index in [4.69, 9.17) is 4.74 Å². The molecule has 2 aliphatic rings. The number of carbonyl (C=O) groups excluding carboxylic acids is 2. The molecule has 0 unspecified atom stereocenters. The van der Waals surface area contributed by atoms with Gasteiger partial charge >= 0.3 is 0 Å². The Hall–Kier alpha value is -1.10. The number of hydrogen-bond donors (Lipinski definition) is 0. The van der Waals surface area contributed by atoms with Gasteiger partial charge in [0.1, 0.15) is 0 Å². The summed E-state index contributed by atoms with van der Waals surface area (Å²) in [7, 11) is 0. The monoisotopic (exact) mass is 282 g/mol. The van der Waals surface area contributed by atoms with Crippen molar-refractivity contribution in [3.05, 3.63) is 0 Å². The highest BCUT2D eigenvalue weighted by Gasteiger charge is 2.18. The Morgan fingerprint density at radius 3 is 2.00 bits per heavy atom. The molecule has 114 valence electrons. The Labute approximate surface area is 121 Å². The van der Waals surface area contributed by atoms with Crippen LogP contribution < -0.4 is 0 Å². The molecule has 5 nitrogen and oxygen atoms in total. The minimum absolute atomic E-state index is 0.263. The number of nitrogens with zero attached hydrogens (tertiary/aromatic N) is 2. The largest absolute Gasteiger partial charge is 0.380 e. The molecule has 0 spiro atoms. The average molecular weight is 282 g/mol. The molecule has 20 heavy (non-hydrogen) atoms. The van der Waals surface area contributed by atoms with E-state index in [-0.39, 0.29) is 11.8 Å². The Morgan fingerprint density at radius 1 is 0.800 bits per heavy atom.